The van der Waals surface area contributed by atoms with Crippen LogP contribution in [0.2, 0.25) is 0 Å². The highest BCUT2D eigenvalue weighted by molar-refractivity contribution is 7.69. The Morgan fingerprint density at radius 1 is 1.19 bits per heavy atom. The minimum absolute atomic E-state index is 0.0267. The first-order valence-corrected chi connectivity index (χ1v) is 8.81. The van der Waals surface area contributed by atoms with Gasteiger partial charge in [-0.05, 0) is 24.6 Å². The van der Waals surface area contributed by atoms with E-state index in [0.29, 0.717) is 0 Å². The van der Waals surface area contributed by atoms with Crippen LogP contribution in [0.3, 0.4) is 0 Å². The molecule has 2 atom stereocenters. The van der Waals surface area contributed by atoms with Crippen molar-refractivity contribution in [3.05, 3.63) is 24.3 Å². The van der Waals surface area contributed by atoms with Crippen LogP contribution in [0.25, 0.3) is 0 Å². The van der Waals surface area contributed by atoms with Crippen LogP contribution in [0.5, 0.6) is 0 Å². The van der Waals surface area contributed by atoms with Gasteiger partial charge in [-0.2, -0.15) is 0 Å². The highest BCUT2D eigenvalue weighted by atomic mass is 31.1. The molecule has 0 unspecified atom stereocenters. The van der Waals surface area contributed by atoms with Crippen molar-refractivity contribution < 1.29 is 9.90 Å². The monoisotopic (exact) mass is 307 g/mol. The minimum atomic E-state index is -0.771. The fraction of sp³-hybridized carbons (Fsp3) is 0.588. The minimum Gasteiger partial charge on any atom is -0.479 e. The molecule has 0 aromatic heterocycles. The third kappa shape index (κ3) is 3.23. The van der Waals surface area contributed by atoms with Crippen LogP contribution in [0, 0.1) is 5.41 Å². The lowest BCUT2D eigenvalue weighted by atomic mass is 9.95. The molecular formula is C17H26NO2P. The van der Waals surface area contributed by atoms with Crippen LogP contribution in [0.4, 0.5) is 5.69 Å². The number of fused-ring (bicyclic) bond motifs is 1. The van der Waals surface area contributed by atoms with Gasteiger partial charge in [0.2, 0.25) is 0 Å². The molecule has 4 heteroatoms. The van der Waals surface area contributed by atoms with Gasteiger partial charge in [0.25, 0.3) is 0 Å². The summed E-state index contributed by atoms with van der Waals surface area (Å²) < 4.78 is 0. The number of carboxylic acid groups (broad SMARTS) is 1. The van der Waals surface area contributed by atoms with E-state index in [2.05, 4.69) is 58.6 Å². The molecule has 3 nitrogen and oxygen atoms in total. The molecule has 21 heavy (non-hydrogen) atoms. The molecule has 0 spiro atoms. The Morgan fingerprint density at radius 2 is 1.76 bits per heavy atom. The zero-order valence-corrected chi connectivity index (χ0v) is 14.7. The van der Waals surface area contributed by atoms with E-state index < -0.39 is 19.7 Å². The van der Waals surface area contributed by atoms with Crippen molar-refractivity contribution in [1.29, 1.82) is 0 Å². The molecule has 1 aromatic rings. The van der Waals surface area contributed by atoms with Crippen molar-refractivity contribution in [3.63, 3.8) is 0 Å². The molecule has 1 aliphatic heterocycles. The maximum atomic E-state index is 12.0. The number of anilines is 1. The van der Waals surface area contributed by atoms with Gasteiger partial charge >= 0.3 is 5.97 Å². The van der Waals surface area contributed by atoms with Crippen LogP contribution in [-0.2, 0) is 4.79 Å². The lowest BCUT2D eigenvalue weighted by Gasteiger charge is -2.36. The average Bonchev–Trinajstić information content (AvgIpc) is 2.62. The van der Waals surface area contributed by atoms with E-state index in [1.165, 1.54) is 5.30 Å². The standard InChI is InChI=1S/C17H26NO2P/c1-16(2,3)11-18-12-9-7-8-10-13(12)21(17(4,5)6)14(18)15(19)20/h7-10,14H,11H2,1-6H3,(H,19,20)/t14-,21-/m1/s1. The molecule has 1 N–H and O–H groups in total. The Bertz CT molecular complexity index is 542. The van der Waals surface area contributed by atoms with Crippen LogP contribution >= 0.6 is 7.92 Å². The molecule has 116 valence electrons. The number of hydrogen-bond donors (Lipinski definition) is 1. The molecular weight excluding hydrogens is 281 g/mol. The first-order valence-electron chi connectivity index (χ1n) is 7.40. The first kappa shape index (κ1) is 16.3. The van der Waals surface area contributed by atoms with E-state index in [-0.39, 0.29) is 10.6 Å². The van der Waals surface area contributed by atoms with E-state index in [9.17, 15) is 9.90 Å². The van der Waals surface area contributed by atoms with E-state index in [0.717, 1.165) is 12.2 Å². The molecule has 2 rings (SSSR count). The number of aliphatic carboxylic acids is 1. The fourth-order valence-electron chi connectivity index (χ4n) is 2.97. The second-order valence-corrected chi connectivity index (χ2v) is 11.0. The van der Waals surface area contributed by atoms with E-state index >= 15 is 0 Å². The molecule has 1 aromatic carbocycles. The van der Waals surface area contributed by atoms with Crippen molar-refractivity contribution in [2.75, 3.05) is 11.4 Å². The topological polar surface area (TPSA) is 40.5 Å². The summed E-state index contributed by atoms with van der Waals surface area (Å²) in [5, 5.41) is 11.1. The number of rotatable bonds is 2. The van der Waals surface area contributed by atoms with Gasteiger partial charge in [0, 0.05) is 17.5 Å². The zero-order valence-electron chi connectivity index (χ0n) is 13.8. The summed E-state index contributed by atoms with van der Waals surface area (Å²) in [7, 11) is -0.771. The van der Waals surface area contributed by atoms with E-state index in [4.69, 9.17) is 0 Å². The van der Waals surface area contributed by atoms with Gasteiger partial charge in [-0.3, -0.25) is 0 Å². The van der Waals surface area contributed by atoms with Gasteiger partial charge in [-0.15, -0.1) is 0 Å². The SMILES string of the molecule is CC(C)(C)CN1c2ccccc2[P@@](C(C)(C)C)[C@@H]1C(=O)O. The third-order valence-electron chi connectivity index (χ3n) is 3.58. The fourth-order valence-corrected chi connectivity index (χ4v) is 6.09. The van der Waals surface area contributed by atoms with Crippen LogP contribution < -0.4 is 10.2 Å². The maximum absolute atomic E-state index is 12.0. The summed E-state index contributed by atoms with van der Waals surface area (Å²) in [6, 6.07) is 8.23. The lowest BCUT2D eigenvalue weighted by molar-refractivity contribution is -0.136. The Kier molecular flexibility index (Phi) is 4.10. The van der Waals surface area contributed by atoms with Gasteiger partial charge in [0.15, 0.2) is 5.78 Å². The molecule has 0 saturated carbocycles. The summed E-state index contributed by atoms with van der Waals surface area (Å²) in [4.78, 5) is 14.1. The van der Waals surface area contributed by atoms with Gasteiger partial charge in [-0.25, -0.2) is 4.79 Å². The molecule has 0 amide bonds. The Morgan fingerprint density at radius 3 is 2.24 bits per heavy atom. The van der Waals surface area contributed by atoms with E-state index in [1.54, 1.807) is 0 Å². The van der Waals surface area contributed by atoms with Gasteiger partial charge in [0.05, 0.1) is 0 Å². The van der Waals surface area contributed by atoms with Crippen molar-refractivity contribution >= 4 is 24.9 Å². The number of nitrogens with zero attached hydrogens (tertiary/aromatic N) is 1. The summed E-state index contributed by atoms with van der Waals surface area (Å²) in [5.74, 6) is -1.12. The van der Waals surface area contributed by atoms with Crippen molar-refractivity contribution in [2.24, 2.45) is 5.41 Å². The number of benzene rings is 1. The second kappa shape index (κ2) is 5.28. The third-order valence-corrected chi connectivity index (χ3v) is 6.91. The predicted molar refractivity (Wildman–Crippen MR) is 91.0 cm³/mol. The van der Waals surface area contributed by atoms with Gasteiger partial charge < -0.3 is 10.0 Å². The molecule has 0 radical (unpaired) electrons. The smallest absolute Gasteiger partial charge is 0.331 e. The highest BCUT2D eigenvalue weighted by Crippen LogP contribution is 2.60. The number of hydrogen-bond acceptors (Lipinski definition) is 2. The average molecular weight is 307 g/mol. The number of carboxylic acids is 1. The van der Waals surface area contributed by atoms with Crippen LogP contribution in [-0.4, -0.2) is 28.6 Å². The van der Waals surface area contributed by atoms with Crippen LogP contribution in [0.15, 0.2) is 24.3 Å². The molecule has 0 saturated heterocycles. The Balaban J connectivity index is 2.56. The Hall–Kier alpha value is -1.08. The molecule has 1 heterocycles. The largest absolute Gasteiger partial charge is 0.479 e. The molecule has 1 aliphatic rings. The quantitative estimate of drug-likeness (QED) is 0.843. The van der Waals surface area contributed by atoms with Crippen molar-refractivity contribution in [3.8, 4) is 0 Å². The molecule has 0 bridgehead atoms. The molecule has 0 fully saturated rings. The molecule has 0 aliphatic carbocycles. The summed E-state index contributed by atoms with van der Waals surface area (Å²) in [6.45, 7) is 13.7. The zero-order chi connectivity index (χ0) is 16.0. The predicted octanol–water partition coefficient (Wildman–Crippen LogP) is 3.87. The van der Waals surface area contributed by atoms with Crippen molar-refractivity contribution in [1.82, 2.24) is 0 Å². The maximum Gasteiger partial charge on any atom is 0.331 e. The van der Waals surface area contributed by atoms with Crippen molar-refractivity contribution in [2.45, 2.75) is 52.5 Å². The first-order chi connectivity index (χ1) is 9.52. The van der Waals surface area contributed by atoms with Gasteiger partial charge in [0.1, 0.15) is 0 Å². The summed E-state index contributed by atoms with van der Waals surface area (Å²) >= 11 is 0. The summed E-state index contributed by atoms with van der Waals surface area (Å²) in [6.07, 6.45) is 0. The summed E-state index contributed by atoms with van der Waals surface area (Å²) in [5.41, 5.74) is 1.17. The van der Waals surface area contributed by atoms with E-state index in [1.807, 2.05) is 12.1 Å². The normalized spacial score (nSPS) is 22.3. The Labute approximate surface area is 129 Å². The van der Waals surface area contributed by atoms with Crippen LogP contribution in [0.1, 0.15) is 41.5 Å². The number of carbonyl (C=O) groups is 1. The lowest BCUT2D eigenvalue weighted by Crippen LogP contribution is -2.43. The van der Waals surface area contributed by atoms with Gasteiger partial charge in [-0.1, -0.05) is 59.7 Å². The number of para-hydroxylation sites is 1. The second-order valence-electron chi connectivity index (χ2n) is 7.93. The highest BCUT2D eigenvalue weighted by Gasteiger charge is 2.48.